The van der Waals surface area contributed by atoms with Crippen molar-refractivity contribution in [1.29, 1.82) is 0 Å². The zero-order valence-corrected chi connectivity index (χ0v) is 14.2. The quantitative estimate of drug-likeness (QED) is 0.497. The normalized spacial score (nSPS) is 11.7. The molecule has 0 N–H and O–H groups in total. The van der Waals surface area contributed by atoms with Gasteiger partial charge in [0.25, 0.3) is 0 Å². The molecule has 120 valence electrons. The molecule has 4 rings (SSSR count). The van der Waals surface area contributed by atoms with Gasteiger partial charge < -0.3 is 4.42 Å². The predicted octanol–water partition coefficient (Wildman–Crippen LogP) is 5.55. The van der Waals surface area contributed by atoms with Crippen LogP contribution in [0.4, 0.5) is 0 Å². The van der Waals surface area contributed by atoms with Gasteiger partial charge in [0.2, 0.25) is 0 Å². The van der Waals surface area contributed by atoms with Gasteiger partial charge in [0, 0.05) is 28.2 Å². The Bertz CT molecular complexity index is 1010. The van der Waals surface area contributed by atoms with Gasteiger partial charge in [-0.05, 0) is 49.1 Å². The Morgan fingerprint density at radius 2 is 1.96 bits per heavy atom. The molecular formula is C21H20N2O. The second-order valence-corrected chi connectivity index (χ2v) is 6.78. The van der Waals surface area contributed by atoms with Crippen molar-refractivity contribution < 1.29 is 4.42 Å². The molecule has 3 heterocycles. The first-order chi connectivity index (χ1) is 11.6. The van der Waals surface area contributed by atoms with Crippen LogP contribution in [0.5, 0.6) is 0 Å². The molecule has 0 amide bonds. The van der Waals surface area contributed by atoms with Crippen LogP contribution in [0.3, 0.4) is 0 Å². The van der Waals surface area contributed by atoms with Gasteiger partial charge in [0.05, 0.1) is 12.0 Å². The molecule has 0 bridgehead atoms. The number of pyridine rings is 2. The Kier molecular flexibility index (Phi) is 3.57. The lowest BCUT2D eigenvalue weighted by Gasteiger charge is -2.10. The maximum Gasteiger partial charge on any atom is 0.160 e. The van der Waals surface area contributed by atoms with Crippen molar-refractivity contribution in [2.24, 2.45) is 5.92 Å². The minimum absolute atomic E-state index is 0.573. The standard InChI is InChI=1S/C21H20N2O/c1-13(2)10-16-5-6-17-18(19-7-4-14(3)12-22-19)11-15-8-9-24-21(15)20(17)23-16/h4-9,11-13H,10H2,1-3H3. The van der Waals surface area contributed by atoms with Crippen LogP contribution < -0.4 is 0 Å². The highest BCUT2D eigenvalue weighted by Gasteiger charge is 2.13. The number of hydrogen-bond acceptors (Lipinski definition) is 3. The van der Waals surface area contributed by atoms with Gasteiger partial charge in [-0.2, -0.15) is 0 Å². The molecule has 0 saturated carbocycles. The molecule has 3 heteroatoms. The molecule has 3 aromatic heterocycles. The first kappa shape index (κ1) is 14.9. The molecule has 3 nitrogen and oxygen atoms in total. The number of nitrogens with zero attached hydrogens (tertiary/aromatic N) is 2. The molecular weight excluding hydrogens is 296 g/mol. The average Bonchev–Trinajstić information content (AvgIpc) is 3.03. The van der Waals surface area contributed by atoms with Gasteiger partial charge in [-0.25, -0.2) is 4.98 Å². The molecule has 0 saturated heterocycles. The van der Waals surface area contributed by atoms with Crippen LogP contribution in [0.1, 0.15) is 25.1 Å². The van der Waals surface area contributed by atoms with Crippen LogP contribution in [-0.2, 0) is 6.42 Å². The van der Waals surface area contributed by atoms with E-state index in [2.05, 4.69) is 49.2 Å². The Balaban J connectivity index is 2.00. The van der Waals surface area contributed by atoms with Crippen molar-refractivity contribution in [3.8, 4) is 11.3 Å². The van der Waals surface area contributed by atoms with Gasteiger partial charge in [-0.15, -0.1) is 0 Å². The summed E-state index contributed by atoms with van der Waals surface area (Å²) in [4.78, 5) is 9.50. The lowest BCUT2D eigenvalue weighted by molar-refractivity contribution is 0.616. The van der Waals surface area contributed by atoms with E-state index >= 15 is 0 Å². The van der Waals surface area contributed by atoms with Crippen molar-refractivity contribution in [1.82, 2.24) is 9.97 Å². The van der Waals surface area contributed by atoms with Crippen LogP contribution in [-0.4, -0.2) is 9.97 Å². The fourth-order valence-electron chi connectivity index (χ4n) is 3.12. The van der Waals surface area contributed by atoms with Gasteiger partial charge in [0.15, 0.2) is 5.58 Å². The maximum absolute atomic E-state index is 5.72. The number of furan rings is 1. The monoisotopic (exact) mass is 316 g/mol. The van der Waals surface area contributed by atoms with E-state index in [1.807, 2.05) is 19.2 Å². The summed E-state index contributed by atoms with van der Waals surface area (Å²) in [6.45, 7) is 6.47. The van der Waals surface area contributed by atoms with Crippen molar-refractivity contribution in [2.75, 3.05) is 0 Å². The average molecular weight is 316 g/mol. The third-order valence-electron chi connectivity index (χ3n) is 4.26. The summed E-state index contributed by atoms with van der Waals surface area (Å²) in [5.41, 5.74) is 6.10. The molecule has 4 aromatic rings. The maximum atomic E-state index is 5.72. The van der Waals surface area contributed by atoms with E-state index in [0.717, 1.165) is 50.8 Å². The first-order valence-electron chi connectivity index (χ1n) is 8.34. The molecule has 0 unspecified atom stereocenters. The van der Waals surface area contributed by atoms with Crippen LogP contribution in [0.2, 0.25) is 0 Å². The first-order valence-corrected chi connectivity index (χ1v) is 8.34. The SMILES string of the molecule is Cc1ccc(-c2cc3ccoc3c3nc(CC(C)C)ccc23)nc1. The number of aryl methyl sites for hydroxylation is 1. The highest BCUT2D eigenvalue weighted by atomic mass is 16.3. The van der Waals surface area contributed by atoms with E-state index in [1.165, 1.54) is 0 Å². The molecule has 0 spiro atoms. The second-order valence-electron chi connectivity index (χ2n) is 6.78. The largest absolute Gasteiger partial charge is 0.462 e. The lowest BCUT2D eigenvalue weighted by atomic mass is 10.0. The lowest BCUT2D eigenvalue weighted by Crippen LogP contribution is -1.98. The highest BCUT2D eigenvalue weighted by Crippen LogP contribution is 2.34. The number of benzene rings is 1. The van der Waals surface area contributed by atoms with Gasteiger partial charge >= 0.3 is 0 Å². The van der Waals surface area contributed by atoms with E-state index in [9.17, 15) is 0 Å². The summed E-state index contributed by atoms with van der Waals surface area (Å²) in [7, 11) is 0. The highest BCUT2D eigenvalue weighted by molar-refractivity contribution is 6.09. The molecule has 0 radical (unpaired) electrons. The van der Waals surface area contributed by atoms with Crippen LogP contribution in [0, 0.1) is 12.8 Å². The van der Waals surface area contributed by atoms with E-state index < -0.39 is 0 Å². The molecule has 0 aliphatic carbocycles. The van der Waals surface area contributed by atoms with Crippen molar-refractivity contribution >= 4 is 21.9 Å². The smallest absolute Gasteiger partial charge is 0.160 e. The third kappa shape index (κ3) is 2.56. The van der Waals surface area contributed by atoms with E-state index in [-0.39, 0.29) is 0 Å². The molecule has 0 aliphatic rings. The van der Waals surface area contributed by atoms with Crippen LogP contribution in [0.15, 0.2) is 53.3 Å². The summed E-state index contributed by atoms with van der Waals surface area (Å²) < 4.78 is 5.72. The molecule has 0 fully saturated rings. The van der Waals surface area contributed by atoms with E-state index in [0.29, 0.717) is 5.92 Å². The number of rotatable bonds is 3. The summed E-state index contributed by atoms with van der Waals surface area (Å²) in [6, 6.07) is 12.6. The van der Waals surface area contributed by atoms with E-state index in [4.69, 9.17) is 9.40 Å². The summed E-state index contributed by atoms with van der Waals surface area (Å²) in [5.74, 6) is 0.573. The molecule has 0 atom stereocenters. The van der Waals surface area contributed by atoms with Crippen molar-refractivity contribution in [2.45, 2.75) is 27.2 Å². The fourth-order valence-corrected chi connectivity index (χ4v) is 3.12. The minimum Gasteiger partial charge on any atom is -0.462 e. The Hall–Kier alpha value is -2.68. The molecule has 24 heavy (non-hydrogen) atoms. The van der Waals surface area contributed by atoms with Gasteiger partial charge in [0.1, 0.15) is 5.52 Å². The van der Waals surface area contributed by atoms with Gasteiger partial charge in [-0.1, -0.05) is 26.0 Å². The Morgan fingerprint density at radius 3 is 2.71 bits per heavy atom. The summed E-state index contributed by atoms with van der Waals surface area (Å²) in [5, 5.41) is 2.15. The minimum atomic E-state index is 0.573. The third-order valence-corrected chi connectivity index (χ3v) is 4.26. The van der Waals surface area contributed by atoms with Crippen LogP contribution in [0.25, 0.3) is 33.1 Å². The topological polar surface area (TPSA) is 38.9 Å². The zero-order valence-electron chi connectivity index (χ0n) is 14.2. The van der Waals surface area contributed by atoms with Gasteiger partial charge in [-0.3, -0.25) is 4.98 Å². The fraction of sp³-hybridized carbons (Fsp3) is 0.238. The Labute approximate surface area is 141 Å². The van der Waals surface area contributed by atoms with E-state index in [1.54, 1.807) is 6.26 Å². The Morgan fingerprint density at radius 1 is 1.08 bits per heavy atom. The van der Waals surface area contributed by atoms with Crippen LogP contribution >= 0.6 is 0 Å². The molecule has 0 aliphatic heterocycles. The van der Waals surface area contributed by atoms with Crippen molar-refractivity contribution in [3.63, 3.8) is 0 Å². The number of hydrogen-bond donors (Lipinski definition) is 0. The summed E-state index contributed by atoms with van der Waals surface area (Å²) >= 11 is 0. The predicted molar refractivity (Wildman–Crippen MR) is 98.0 cm³/mol. The number of aromatic nitrogens is 2. The second kappa shape index (κ2) is 5.75. The molecule has 1 aromatic carbocycles. The van der Waals surface area contributed by atoms with Crippen molar-refractivity contribution in [3.05, 3.63) is 60.1 Å². The summed E-state index contributed by atoms with van der Waals surface area (Å²) in [6.07, 6.45) is 4.60. The number of fused-ring (bicyclic) bond motifs is 3. The zero-order chi connectivity index (χ0) is 16.7.